The highest BCUT2D eigenvalue weighted by Gasteiger charge is 2.53. The van der Waals surface area contributed by atoms with E-state index in [1.165, 1.54) is 23.8 Å². The number of hydrogen-bond donors (Lipinski definition) is 4. The topological polar surface area (TPSA) is 175 Å². The molecular weight excluding hydrogens is 282 g/mol. The SMILES string of the molecule is C[C@@]1(N=[N+]=[N-])[C@H](O)[C@@H](CO)O[C@H]1n1ccc(N)n/c1=N\O. The standard InChI is InChI=1S/C10H15N7O4/c1-10(15-16-12)7(19)5(4-18)21-8(10)17-3-2-6(11)13-9(17)14-20/h2-3,5,7-8,18-20H,4H2,1H3,(H2,11,13,14)/t5-,7-,8-,10-/m1/s1. The molecule has 11 nitrogen and oxygen atoms in total. The lowest BCUT2D eigenvalue weighted by molar-refractivity contribution is -0.0496. The molecule has 1 aromatic rings. The minimum atomic E-state index is -1.43. The van der Waals surface area contributed by atoms with Crippen LogP contribution in [0.15, 0.2) is 22.5 Å². The largest absolute Gasteiger partial charge is 0.408 e. The van der Waals surface area contributed by atoms with E-state index >= 15 is 0 Å². The zero-order chi connectivity index (χ0) is 15.6. The van der Waals surface area contributed by atoms with Crippen LogP contribution >= 0.6 is 0 Å². The average molecular weight is 297 g/mol. The molecule has 1 aromatic heterocycles. The Balaban J connectivity index is 2.59. The summed E-state index contributed by atoms with van der Waals surface area (Å²) in [5, 5.41) is 35.0. The normalized spacial score (nSPS) is 32.9. The molecule has 5 N–H and O–H groups in total. The number of nitrogen functional groups attached to an aromatic ring is 1. The quantitative estimate of drug-likeness (QED) is 0.184. The second-order valence-corrected chi connectivity index (χ2v) is 4.73. The van der Waals surface area contributed by atoms with Crippen molar-refractivity contribution >= 4 is 5.82 Å². The minimum Gasteiger partial charge on any atom is -0.408 e. The maximum atomic E-state index is 10.2. The number of anilines is 1. The maximum Gasteiger partial charge on any atom is 0.270 e. The Morgan fingerprint density at radius 1 is 1.67 bits per heavy atom. The predicted octanol–water partition coefficient (Wildman–Crippen LogP) is -0.925. The fraction of sp³-hybridized carbons (Fsp3) is 0.600. The molecule has 0 bridgehead atoms. The van der Waals surface area contributed by atoms with Crippen LogP contribution in [0.25, 0.3) is 10.4 Å². The van der Waals surface area contributed by atoms with Crippen molar-refractivity contribution in [1.82, 2.24) is 9.55 Å². The van der Waals surface area contributed by atoms with Gasteiger partial charge in [-0.3, -0.25) is 4.57 Å². The van der Waals surface area contributed by atoms with Gasteiger partial charge in [-0.15, -0.1) is 0 Å². The van der Waals surface area contributed by atoms with Gasteiger partial charge in [0.05, 0.1) is 12.7 Å². The molecule has 0 spiro atoms. The van der Waals surface area contributed by atoms with Crippen LogP contribution in [-0.4, -0.2) is 49.3 Å². The molecule has 114 valence electrons. The molecule has 0 radical (unpaired) electrons. The summed E-state index contributed by atoms with van der Waals surface area (Å²) in [4.78, 5) is 6.51. The molecule has 0 aliphatic carbocycles. The molecule has 0 saturated carbocycles. The zero-order valence-electron chi connectivity index (χ0n) is 11.1. The molecular formula is C10H15N7O4. The van der Waals surface area contributed by atoms with E-state index in [0.29, 0.717) is 0 Å². The van der Waals surface area contributed by atoms with Gasteiger partial charge in [0.25, 0.3) is 5.62 Å². The Kier molecular flexibility index (Phi) is 4.00. The summed E-state index contributed by atoms with van der Waals surface area (Å²) in [5.41, 5.74) is 12.6. The van der Waals surface area contributed by atoms with Gasteiger partial charge in [0.15, 0.2) is 6.23 Å². The lowest BCUT2D eigenvalue weighted by Gasteiger charge is -2.28. The number of aromatic nitrogens is 2. The fourth-order valence-corrected chi connectivity index (χ4v) is 2.29. The van der Waals surface area contributed by atoms with Gasteiger partial charge in [0, 0.05) is 11.1 Å². The van der Waals surface area contributed by atoms with E-state index in [-0.39, 0.29) is 11.4 Å². The Bertz CT molecular complexity index is 641. The van der Waals surface area contributed by atoms with E-state index < -0.39 is 30.6 Å². The van der Waals surface area contributed by atoms with Crippen molar-refractivity contribution in [2.45, 2.75) is 30.9 Å². The molecule has 2 heterocycles. The summed E-state index contributed by atoms with van der Waals surface area (Å²) >= 11 is 0. The number of nitrogens with zero attached hydrogens (tertiary/aromatic N) is 6. The van der Waals surface area contributed by atoms with Crippen molar-refractivity contribution in [1.29, 1.82) is 0 Å². The van der Waals surface area contributed by atoms with Crippen LogP contribution < -0.4 is 11.4 Å². The van der Waals surface area contributed by atoms with Gasteiger partial charge in [0.1, 0.15) is 17.5 Å². The molecule has 0 unspecified atom stereocenters. The van der Waals surface area contributed by atoms with Crippen LogP contribution in [-0.2, 0) is 4.74 Å². The van der Waals surface area contributed by atoms with Gasteiger partial charge in [-0.05, 0) is 23.7 Å². The van der Waals surface area contributed by atoms with Gasteiger partial charge in [-0.2, -0.15) is 4.98 Å². The van der Waals surface area contributed by atoms with Crippen molar-refractivity contribution in [3.05, 3.63) is 28.3 Å². The van der Waals surface area contributed by atoms with Gasteiger partial charge in [-0.25, -0.2) is 0 Å². The first-order valence-corrected chi connectivity index (χ1v) is 6.01. The Morgan fingerprint density at radius 2 is 2.38 bits per heavy atom. The molecule has 0 aromatic carbocycles. The summed E-state index contributed by atoms with van der Waals surface area (Å²) < 4.78 is 6.76. The van der Waals surface area contributed by atoms with Crippen molar-refractivity contribution < 1.29 is 20.2 Å². The van der Waals surface area contributed by atoms with Crippen LogP contribution in [0.2, 0.25) is 0 Å². The Hall–Kier alpha value is -2.33. The first kappa shape index (κ1) is 15.1. The second-order valence-electron chi connectivity index (χ2n) is 4.73. The third-order valence-corrected chi connectivity index (χ3v) is 3.40. The monoisotopic (exact) mass is 297 g/mol. The number of aliphatic hydroxyl groups is 2. The van der Waals surface area contributed by atoms with E-state index in [0.717, 1.165) is 0 Å². The smallest absolute Gasteiger partial charge is 0.270 e. The number of aliphatic hydroxyl groups excluding tert-OH is 2. The first-order chi connectivity index (χ1) is 9.97. The number of rotatable bonds is 3. The highest BCUT2D eigenvalue weighted by atomic mass is 16.5. The maximum absolute atomic E-state index is 10.2. The van der Waals surface area contributed by atoms with E-state index in [4.69, 9.17) is 21.2 Å². The molecule has 1 saturated heterocycles. The van der Waals surface area contributed by atoms with Gasteiger partial charge in [-0.1, -0.05) is 5.11 Å². The molecule has 2 rings (SSSR count). The third kappa shape index (κ3) is 2.38. The summed E-state index contributed by atoms with van der Waals surface area (Å²) in [6.45, 7) is 0.991. The zero-order valence-corrected chi connectivity index (χ0v) is 11.1. The molecule has 0 amide bonds. The summed E-state index contributed by atoms with van der Waals surface area (Å²) in [5.74, 6) is 0.113. The van der Waals surface area contributed by atoms with Gasteiger partial charge in [0.2, 0.25) is 0 Å². The molecule has 21 heavy (non-hydrogen) atoms. The summed E-state index contributed by atoms with van der Waals surface area (Å²) in [6, 6.07) is 1.42. The number of azide groups is 1. The average Bonchev–Trinajstić information content (AvgIpc) is 2.71. The van der Waals surface area contributed by atoms with Crippen LogP contribution in [0.3, 0.4) is 0 Å². The molecule has 4 atom stereocenters. The van der Waals surface area contributed by atoms with Crippen molar-refractivity contribution in [3.63, 3.8) is 0 Å². The predicted molar refractivity (Wildman–Crippen MR) is 68.5 cm³/mol. The van der Waals surface area contributed by atoms with Gasteiger partial charge >= 0.3 is 0 Å². The second kappa shape index (κ2) is 5.58. The van der Waals surface area contributed by atoms with E-state index in [1.54, 1.807) is 0 Å². The van der Waals surface area contributed by atoms with Crippen LogP contribution in [0, 0.1) is 0 Å². The van der Waals surface area contributed by atoms with Crippen LogP contribution in [0.4, 0.5) is 5.82 Å². The number of ether oxygens (including phenoxy) is 1. The molecule has 1 aliphatic heterocycles. The van der Waals surface area contributed by atoms with E-state index in [1.807, 2.05) is 0 Å². The Labute approximate surface area is 118 Å². The first-order valence-electron chi connectivity index (χ1n) is 6.01. The molecule has 1 fully saturated rings. The highest BCUT2D eigenvalue weighted by Crippen LogP contribution is 2.40. The number of hydrogen-bond acceptors (Lipinski definition) is 8. The van der Waals surface area contributed by atoms with Crippen molar-refractivity contribution in [2.75, 3.05) is 12.3 Å². The summed E-state index contributed by atoms with van der Waals surface area (Å²) in [6.07, 6.45) is -1.82. The summed E-state index contributed by atoms with van der Waals surface area (Å²) in [7, 11) is 0. The lowest BCUT2D eigenvalue weighted by Crippen LogP contribution is -2.44. The Morgan fingerprint density at radius 3 is 2.95 bits per heavy atom. The van der Waals surface area contributed by atoms with Crippen LogP contribution in [0.1, 0.15) is 13.2 Å². The number of nitrogens with two attached hydrogens (primary N) is 1. The van der Waals surface area contributed by atoms with Crippen molar-refractivity contribution in [3.8, 4) is 0 Å². The third-order valence-electron chi connectivity index (χ3n) is 3.40. The van der Waals surface area contributed by atoms with E-state index in [9.17, 15) is 10.2 Å². The molecule has 1 aliphatic rings. The van der Waals surface area contributed by atoms with E-state index in [2.05, 4.69) is 20.2 Å². The van der Waals surface area contributed by atoms with Crippen molar-refractivity contribution in [2.24, 2.45) is 10.3 Å². The lowest BCUT2D eigenvalue weighted by atomic mass is 9.93. The van der Waals surface area contributed by atoms with Gasteiger partial charge < -0.3 is 25.9 Å². The molecule has 11 heteroatoms. The van der Waals surface area contributed by atoms with Crippen LogP contribution in [0.5, 0.6) is 0 Å². The highest BCUT2D eigenvalue weighted by molar-refractivity contribution is 5.24. The minimum absolute atomic E-state index is 0.113. The fourth-order valence-electron chi connectivity index (χ4n) is 2.29.